The van der Waals surface area contributed by atoms with Crippen LogP contribution in [-0.4, -0.2) is 29.7 Å². The predicted molar refractivity (Wildman–Crippen MR) is 39.5 cm³/mol. The van der Waals surface area contributed by atoms with Crippen molar-refractivity contribution in [1.29, 1.82) is 0 Å². The predicted octanol–water partition coefficient (Wildman–Crippen LogP) is 0.0284. The van der Waals surface area contributed by atoms with Crippen molar-refractivity contribution in [3.63, 3.8) is 0 Å². The Bertz CT molecular complexity index is 250. The summed E-state index contributed by atoms with van der Waals surface area (Å²) in [4.78, 5) is 18.0. The summed E-state index contributed by atoms with van der Waals surface area (Å²) in [5.41, 5.74) is 0. The lowest BCUT2D eigenvalue weighted by molar-refractivity contribution is -0.142. The number of nitrogens with zero attached hydrogens (tertiary/aromatic N) is 2. The molecule has 0 fully saturated rings. The molecule has 0 radical (unpaired) electrons. The third kappa shape index (κ3) is 2.53. The Morgan fingerprint density at radius 1 is 1.50 bits per heavy atom. The standard InChI is InChI=1S/C7H8N2O3/c1-11-7(10)4-12-6-2-8-5-9-3-6/h2-3,5H,4H2,1H3. The van der Waals surface area contributed by atoms with Crippen LogP contribution in [0.1, 0.15) is 0 Å². The van der Waals surface area contributed by atoms with E-state index in [2.05, 4.69) is 14.7 Å². The van der Waals surface area contributed by atoms with Gasteiger partial charge in [-0.05, 0) is 0 Å². The summed E-state index contributed by atoms with van der Waals surface area (Å²) >= 11 is 0. The van der Waals surface area contributed by atoms with Crippen molar-refractivity contribution in [1.82, 2.24) is 9.97 Å². The van der Waals surface area contributed by atoms with Crippen LogP contribution in [0.4, 0.5) is 0 Å². The molecule has 0 aromatic carbocycles. The molecule has 1 heterocycles. The molecule has 0 aliphatic heterocycles. The summed E-state index contributed by atoms with van der Waals surface area (Å²) in [6.07, 6.45) is 4.32. The summed E-state index contributed by atoms with van der Waals surface area (Å²) in [6, 6.07) is 0. The van der Waals surface area contributed by atoms with Gasteiger partial charge in [0.25, 0.3) is 0 Å². The first-order valence-corrected chi connectivity index (χ1v) is 3.27. The molecule has 0 saturated carbocycles. The number of carbonyl (C=O) groups is 1. The van der Waals surface area contributed by atoms with Crippen LogP contribution in [0.25, 0.3) is 0 Å². The zero-order valence-corrected chi connectivity index (χ0v) is 6.56. The van der Waals surface area contributed by atoms with Crippen LogP contribution in [0.15, 0.2) is 18.7 Å². The number of methoxy groups -OCH3 is 1. The minimum Gasteiger partial charge on any atom is -0.479 e. The van der Waals surface area contributed by atoms with Crippen molar-refractivity contribution in [3.05, 3.63) is 18.7 Å². The molecule has 1 rings (SSSR count). The molecule has 1 aromatic heterocycles. The highest BCUT2D eigenvalue weighted by molar-refractivity contribution is 5.70. The van der Waals surface area contributed by atoms with Gasteiger partial charge < -0.3 is 9.47 Å². The first-order chi connectivity index (χ1) is 5.83. The van der Waals surface area contributed by atoms with Gasteiger partial charge in [0, 0.05) is 0 Å². The van der Waals surface area contributed by atoms with Crippen molar-refractivity contribution >= 4 is 5.97 Å². The topological polar surface area (TPSA) is 61.3 Å². The molecule has 12 heavy (non-hydrogen) atoms. The van der Waals surface area contributed by atoms with Crippen LogP contribution in [0.3, 0.4) is 0 Å². The monoisotopic (exact) mass is 168 g/mol. The van der Waals surface area contributed by atoms with Gasteiger partial charge in [-0.1, -0.05) is 0 Å². The molecular weight excluding hydrogens is 160 g/mol. The number of ether oxygens (including phenoxy) is 2. The molecule has 0 aliphatic carbocycles. The highest BCUT2D eigenvalue weighted by Crippen LogP contribution is 2.03. The van der Waals surface area contributed by atoms with Crippen LogP contribution in [0, 0.1) is 0 Å². The molecule has 0 amide bonds. The van der Waals surface area contributed by atoms with Crippen molar-refractivity contribution < 1.29 is 14.3 Å². The molecule has 5 nitrogen and oxygen atoms in total. The number of esters is 1. The highest BCUT2D eigenvalue weighted by Gasteiger charge is 2.00. The van der Waals surface area contributed by atoms with Crippen LogP contribution < -0.4 is 4.74 Å². The first-order valence-electron chi connectivity index (χ1n) is 3.27. The fourth-order valence-electron chi connectivity index (χ4n) is 0.561. The molecule has 0 N–H and O–H groups in total. The van der Waals surface area contributed by atoms with Crippen molar-refractivity contribution in [2.24, 2.45) is 0 Å². The Morgan fingerprint density at radius 2 is 2.17 bits per heavy atom. The van der Waals surface area contributed by atoms with Crippen LogP contribution >= 0.6 is 0 Å². The molecule has 0 saturated heterocycles. The molecular formula is C7H8N2O3. The second kappa shape index (κ2) is 4.27. The van der Waals surface area contributed by atoms with E-state index in [-0.39, 0.29) is 6.61 Å². The van der Waals surface area contributed by atoms with E-state index >= 15 is 0 Å². The van der Waals surface area contributed by atoms with Crippen LogP contribution in [0.5, 0.6) is 5.75 Å². The van der Waals surface area contributed by atoms with Gasteiger partial charge in [-0.2, -0.15) is 0 Å². The van der Waals surface area contributed by atoms with Crippen molar-refractivity contribution in [3.8, 4) is 5.75 Å². The van der Waals surface area contributed by atoms with E-state index in [1.807, 2.05) is 0 Å². The zero-order valence-electron chi connectivity index (χ0n) is 6.56. The van der Waals surface area contributed by atoms with Gasteiger partial charge in [-0.3, -0.25) is 0 Å². The van der Waals surface area contributed by atoms with Gasteiger partial charge in [-0.15, -0.1) is 0 Å². The molecule has 0 atom stereocenters. The summed E-state index contributed by atoms with van der Waals surface area (Å²) in [7, 11) is 1.30. The van der Waals surface area contributed by atoms with Gasteiger partial charge in [0.1, 0.15) is 6.33 Å². The van der Waals surface area contributed by atoms with Crippen LogP contribution in [0.2, 0.25) is 0 Å². The molecule has 0 spiro atoms. The molecule has 0 aliphatic rings. The average molecular weight is 168 g/mol. The lowest BCUT2D eigenvalue weighted by Gasteiger charge is -2.01. The highest BCUT2D eigenvalue weighted by atomic mass is 16.6. The third-order valence-corrected chi connectivity index (χ3v) is 1.12. The Balaban J connectivity index is 2.38. The van der Waals surface area contributed by atoms with E-state index < -0.39 is 5.97 Å². The summed E-state index contributed by atoms with van der Waals surface area (Å²) in [5.74, 6) is 0.0155. The molecule has 64 valence electrons. The van der Waals surface area contributed by atoms with Gasteiger partial charge in [0.2, 0.25) is 0 Å². The molecule has 5 heteroatoms. The number of rotatable bonds is 3. The minimum absolute atomic E-state index is 0.121. The number of aromatic nitrogens is 2. The summed E-state index contributed by atoms with van der Waals surface area (Å²) in [5, 5.41) is 0. The number of carbonyl (C=O) groups excluding carboxylic acids is 1. The fraction of sp³-hybridized carbons (Fsp3) is 0.286. The van der Waals surface area contributed by atoms with E-state index in [4.69, 9.17) is 4.74 Å². The maximum atomic E-state index is 10.6. The summed E-state index contributed by atoms with van der Waals surface area (Å²) < 4.78 is 9.33. The fourth-order valence-corrected chi connectivity index (χ4v) is 0.561. The van der Waals surface area contributed by atoms with Gasteiger partial charge in [-0.25, -0.2) is 14.8 Å². The lowest BCUT2D eigenvalue weighted by atomic mass is 10.6. The Morgan fingerprint density at radius 3 is 2.75 bits per heavy atom. The summed E-state index contributed by atoms with van der Waals surface area (Å²) in [6.45, 7) is -0.121. The van der Waals surface area contributed by atoms with E-state index in [0.717, 1.165) is 0 Å². The lowest BCUT2D eigenvalue weighted by Crippen LogP contribution is -2.12. The van der Waals surface area contributed by atoms with Gasteiger partial charge >= 0.3 is 5.97 Å². The second-order valence-electron chi connectivity index (χ2n) is 1.94. The normalized spacial score (nSPS) is 9.08. The van der Waals surface area contributed by atoms with Crippen LogP contribution in [-0.2, 0) is 9.53 Å². The van der Waals surface area contributed by atoms with Crippen molar-refractivity contribution in [2.75, 3.05) is 13.7 Å². The van der Waals surface area contributed by atoms with E-state index in [1.54, 1.807) is 0 Å². The first kappa shape index (κ1) is 8.45. The number of hydrogen-bond donors (Lipinski definition) is 0. The minimum atomic E-state index is -0.432. The quantitative estimate of drug-likeness (QED) is 0.596. The zero-order chi connectivity index (χ0) is 8.81. The van der Waals surface area contributed by atoms with Gasteiger partial charge in [0.15, 0.2) is 12.4 Å². The maximum Gasteiger partial charge on any atom is 0.343 e. The smallest absolute Gasteiger partial charge is 0.343 e. The Kier molecular flexibility index (Phi) is 3.01. The average Bonchev–Trinajstić information content (AvgIpc) is 2.16. The van der Waals surface area contributed by atoms with E-state index in [1.165, 1.54) is 25.8 Å². The molecule has 0 bridgehead atoms. The number of hydrogen-bond acceptors (Lipinski definition) is 5. The Labute approximate surface area is 69.4 Å². The third-order valence-electron chi connectivity index (χ3n) is 1.12. The molecule has 1 aromatic rings. The second-order valence-corrected chi connectivity index (χ2v) is 1.94. The largest absolute Gasteiger partial charge is 0.479 e. The Hall–Kier alpha value is -1.65. The van der Waals surface area contributed by atoms with E-state index in [0.29, 0.717) is 5.75 Å². The van der Waals surface area contributed by atoms with Gasteiger partial charge in [0.05, 0.1) is 19.5 Å². The molecule has 0 unspecified atom stereocenters. The van der Waals surface area contributed by atoms with E-state index in [9.17, 15) is 4.79 Å². The maximum absolute atomic E-state index is 10.6. The SMILES string of the molecule is COC(=O)COc1cncnc1. The van der Waals surface area contributed by atoms with Crippen molar-refractivity contribution in [2.45, 2.75) is 0 Å².